The number of anilines is 1. The van der Waals surface area contributed by atoms with Crippen molar-refractivity contribution >= 4 is 40.3 Å². The van der Waals surface area contributed by atoms with Crippen molar-refractivity contribution in [1.29, 1.82) is 0 Å². The highest BCUT2D eigenvalue weighted by Crippen LogP contribution is 2.30. The van der Waals surface area contributed by atoms with Gasteiger partial charge in [0.25, 0.3) is 11.8 Å². The summed E-state index contributed by atoms with van der Waals surface area (Å²) in [5.41, 5.74) is 3.91. The fourth-order valence-electron chi connectivity index (χ4n) is 4.42. The van der Waals surface area contributed by atoms with E-state index in [1.807, 2.05) is 30.8 Å². The molecule has 2 aromatic heterocycles. The molecule has 0 bridgehead atoms. The molecule has 0 radical (unpaired) electrons. The van der Waals surface area contributed by atoms with Crippen LogP contribution < -0.4 is 10.6 Å². The molecule has 0 spiro atoms. The van der Waals surface area contributed by atoms with Gasteiger partial charge in [-0.2, -0.15) is 0 Å². The van der Waals surface area contributed by atoms with E-state index < -0.39 is 11.9 Å². The van der Waals surface area contributed by atoms with Gasteiger partial charge in [0, 0.05) is 49.0 Å². The van der Waals surface area contributed by atoms with Gasteiger partial charge in [-0.1, -0.05) is 0 Å². The minimum absolute atomic E-state index is 0.205. The molecule has 0 aliphatic carbocycles. The van der Waals surface area contributed by atoms with E-state index in [4.69, 9.17) is 0 Å². The van der Waals surface area contributed by atoms with E-state index in [0.717, 1.165) is 22.2 Å². The molecule has 1 saturated heterocycles. The second-order valence-electron chi connectivity index (χ2n) is 8.19. The molecular weight excluding hydrogens is 410 g/mol. The third kappa shape index (κ3) is 3.13. The SMILES string of the molecule is Cc1c(C(=O)Nc2ccc3c(c2)CN(C2CCC(=O)NC2=O)C3=O)cnc2c1ccn2C. The number of aryl methyl sites for hydroxylation is 2. The van der Waals surface area contributed by atoms with E-state index in [9.17, 15) is 19.2 Å². The number of aromatic nitrogens is 2. The zero-order valence-corrected chi connectivity index (χ0v) is 17.6. The first-order valence-corrected chi connectivity index (χ1v) is 10.3. The molecular formula is C23H21N5O4. The van der Waals surface area contributed by atoms with Crippen molar-refractivity contribution in [2.24, 2.45) is 7.05 Å². The fourth-order valence-corrected chi connectivity index (χ4v) is 4.42. The average Bonchev–Trinajstić information content (AvgIpc) is 3.29. The van der Waals surface area contributed by atoms with Crippen LogP contribution in [0.15, 0.2) is 36.7 Å². The molecule has 162 valence electrons. The van der Waals surface area contributed by atoms with Crippen molar-refractivity contribution in [2.45, 2.75) is 32.4 Å². The normalized spacial score (nSPS) is 18.1. The van der Waals surface area contributed by atoms with Crippen LogP contribution in [0.5, 0.6) is 0 Å². The third-order valence-electron chi connectivity index (χ3n) is 6.19. The lowest BCUT2D eigenvalue weighted by Gasteiger charge is -2.29. The van der Waals surface area contributed by atoms with E-state index in [1.165, 1.54) is 4.90 Å². The zero-order chi connectivity index (χ0) is 22.6. The number of piperidine rings is 1. The number of fused-ring (bicyclic) bond motifs is 2. The van der Waals surface area contributed by atoms with Crippen molar-refractivity contribution in [2.75, 3.05) is 5.32 Å². The molecule has 1 unspecified atom stereocenters. The standard InChI is InChI=1S/C23H21N5O4/c1-12-15-7-8-27(2)20(15)24-10-17(12)21(30)25-14-3-4-16-13(9-14)11-28(23(16)32)18-5-6-19(29)26-22(18)31/h3-4,7-10,18H,5-6,11H2,1-2H3,(H,25,30)(H,26,29,31). The van der Waals surface area contributed by atoms with Crippen LogP contribution in [0.4, 0.5) is 5.69 Å². The van der Waals surface area contributed by atoms with E-state index in [2.05, 4.69) is 15.6 Å². The number of nitrogens with one attached hydrogen (secondary N) is 2. The predicted molar refractivity (Wildman–Crippen MR) is 116 cm³/mol. The number of amides is 4. The molecule has 9 heteroatoms. The van der Waals surface area contributed by atoms with Crippen molar-refractivity contribution < 1.29 is 19.2 Å². The summed E-state index contributed by atoms with van der Waals surface area (Å²) >= 11 is 0. The summed E-state index contributed by atoms with van der Waals surface area (Å²) in [4.78, 5) is 55.2. The van der Waals surface area contributed by atoms with Crippen molar-refractivity contribution in [1.82, 2.24) is 19.8 Å². The Labute approximate surface area is 183 Å². The van der Waals surface area contributed by atoms with Gasteiger partial charge < -0.3 is 14.8 Å². The smallest absolute Gasteiger partial charge is 0.257 e. The summed E-state index contributed by atoms with van der Waals surface area (Å²) in [5, 5.41) is 6.09. The highest BCUT2D eigenvalue weighted by Gasteiger charge is 2.39. The van der Waals surface area contributed by atoms with Crippen LogP contribution in [-0.2, 0) is 23.2 Å². The van der Waals surface area contributed by atoms with Gasteiger partial charge in [-0.05, 0) is 48.7 Å². The predicted octanol–water partition coefficient (Wildman–Crippen LogP) is 1.90. The Balaban J connectivity index is 1.36. The molecule has 4 heterocycles. The number of carbonyl (C=O) groups excluding carboxylic acids is 4. The highest BCUT2D eigenvalue weighted by atomic mass is 16.2. The minimum atomic E-state index is -0.669. The van der Waals surface area contributed by atoms with E-state index >= 15 is 0 Å². The lowest BCUT2D eigenvalue weighted by Crippen LogP contribution is -2.52. The van der Waals surface area contributed by atoms with Gasteiger partial charge in [0.1, 0.15) is 11.7 Å². The average molecular weight is 431 g/mol. The van der Waals surface area contributed by atoms with E-state index in [-0.39, 0.29) is 30.7 Å². The summed E-state index contributed by atoms with van der Waals surface area (Å²) in [6.07, 6.45) is 3.98. The van der Waals surface area contributed by atoms with Crippen LogP contribution in [0, 0.1) is 6.92 Å². The molecule has 2 aliphatic heterocycles. The highest BCUT2D eigenvalue weighted by molar-refractivity contribution is 6.08. The van der Waals surface area contributed by atoms with Gasteiger partial charge in [0.05, 0.1) is 5.56 Å². The maximum absolute atomic E-state index is 12.9. The number of carbonyl (C=O) groups is 4. The maximum atomic E-state index is 12.9. The molecule has 9 nitrogen and oxygen atoms in total. The van der Waals surface area contributed by atoms with Crippen LogP contribution in [0.2, 0.25) is 0 Å². The third-order valence-corrected chi connectivity index (χ3v) is 6.19. The second kappa shape index (κ2) is 7.30. The van der Waals surface area contributed by atoms with Gasteiger partial charge in [-0.25, -0.2) is 4.98 Å². The van der Waals surface area contributed by atoms with Gasteiger partial charge in [-0.3, -0.25) is 24.5 Å². The molecule has 2 aliphatic rings. The molecule has 32 heavy (non-hydrogen) atoms. The van der Waals surface area contributed by atoms with Crippen molar-refractivity contribution in [3.05, 3.63) is 58.9 Å². The van der Waals surface area contributed by atoms with Crippen LogP contribution >= 0.6 is 0 Å². The molecule has 1 aromatic carbocycles. The molecule has 1 atom stereocenters. The van der Waals surface area contributed by atoms with Crippen molar-refractivity contribution in [3.63, 3.8) is 0 Å². The Morgan fingerprint density at radius 3 is 2.81 bits per heavy atom. The lowest BCUT2D eigenvalue weighted by molar-refractivity contribution is -0.136. The van der Waals surface area contributed by atoms with Crippen LogP contribution in [0.1, 0.15) is 44.7 Å². The zero-order valence-electron chi connectivity index (χ0n) is 17.6. The van der Waals surface area contributed by atoms with Crippen LogP contribution in [-0.4, -0.2) is 44.1 Å². The van der Waals surface area contributed by atoms with Gasteiger partial charge >= 0.3 is 0 Å². The minimum Gasteiger partial charge on any atom is -0.336 e. The number of benzene rings is 1. The number of rotatable bonds is 3. The lowest BCUT2D eigenvalue weighted by atomic mass is 10.0. The summed E-state index contributed by atoms with van der Waals surface area (Å²) in [6.45, 7) is 2.14. The first-order valence-electron chi connectivity index (χ1n) is 10.3. The number of pyridine rings is 1. The summed E-state index contributed by atoms with van der Waals surface area (Å²) < 4.78 is 1.90. The summed E-state index contributed by atoms with van der Waals surface area (Å²) in [6, 6.07) is 6.34. The van der Waals surface area contributed by atoms with Crippen LogP contribution in [0.3, 0.4) is 0 Å². The molecule has 3 aromatic rings. The fraction of sp³-hybridized carbons (Fsp3) is 0.261. The Kier molecular flexibility index (Phi) is 4.54. The van der Waals surface area contributed by atoms with E-state index in [1.54, 1.807) is 24.4 Å². The Bertz CT molecular complexity index is 1330. The summed E-state index contributed by atoms with van der Waals surface area (Å²) in [5.74, 6) is -1.30. The van der Waals surface area contributed by atoms with Gasteiger partial charge in [-0.15, -0.1) is 0 Å². The quantitative estimate of drug-likeness (QED) is 0.615. The van der Waals surface area contributed by atoms with E-state index in [0.29, 0.717) is 23.2 Å². The monoisotopic (exact) mass is 431 g/mol. The molecule has 2 N–H and O–H groups in total. The number of hydrogen-bond acceptors (Lipinski definition) is 5. The molecule has 1 fully saturated rings. The Hall–Kier alpha value is -4.01. The Morgan fingerprint density at radius 1 is 1.22 bits per heavy atom. The molecule has 5 rings (SSSR count). The largest absolute Gasteiger partial charge is 0.336 e. The maximum Gasteiger partial charge on any atom is 0.257 e. The van der Waals surface area contributed by atoms with Crippen LogP contribution in [0.25, 0.3) is 11.0 Å². The molecule has 4 amide bonds. The summed E-state index contributed by atoms with van der Waals surface area (Å²) in [7, 11) is 1.90. The number of hydrogen-bond donors (Lipinski definition) is 2. The number of imide groups is 1. The first-order chi connectivity index (χ1) is 15.3. The van der Waals surface area contributed by atoms with Gasteiger partial charge in [0.2, 0.25) is 11.8 Å². The Morgan fingerprint density at radius 2 is 2.03 bits per heavy atom. The first kappa shape index (κ1) is 19.9. The molecule has 0 saturated carbocycles. The number of nitrogens with zero attached hydrogens (tertiary/aromatic N) is 3. The van der Waals surface area contributed by atoms with Crippen molar-refractivity contribution in [3.8, 4) is 0 Å². The van der Waals surface area contributed by atoms with Gasteiger partial charge in [0.15, 0.2) is 0 Å². The topological polar surface area (TPSA) is 113 Å². The second-order valence-corrected chi connectivity index (χ2v) is 8.19.